The summed E-state index contributed by atoms with van der Waals surface area (Å²) in [5.74, 6) is 0.938. The predicted octanol–water partition coefficient (Wildman–Crippen LogP) is 4.61. The molecule has 29 heavy (non-hydrogen) atoms. The number of carbonyl (C=O) groups excluding carboxylic acids is 2. The number of hydrogen-bond acceptors (Lipinski definition) is 4. The van der Waals surface area contributed by atoms with Crippen LogP contribution in [-0.2, 0) is 24.4 Å². The van der Waals surface area contributed by atoms with E-state index in [1.54, 1.807) is 17.6 Å². The van der Waals surface area contributed by atoms with Gasteiger partial charge >= 0.3 is 0 Å². The molecule has 0 saturated carbocycles. The largest absolute Gasteiger partial charge is 0.467 e. The molecule has 0 bridgehead atoms. The molecule has 0 atom stereocenters. The van der Waals surface area contributed by atoms with Gasteiger partial charge in [0, 0.05) is 34.8 Å². The maximum atomic E-state index is 13.2. The zero-order valence-electron chi connectivity index (χ0n) is 16.5. The first kappa shape index (κ1) is 19.5. The standard InChI is InChI=1S/C23H24N2O3S/c1-17-6-11-21(29-17)16-25(15-20-4-3-13-28-20)23(27)19-9-7-18(8-10-19)14-24-12-2-5-22(24)26/h3-4,6-11,13H,2,5,12,14-16H2,1H3. The summed E-state index contributed by atoms with van der Waals surface area (Å²) in [6, 6.07) is 15.5. The minimum Gasteiger partial charge on any atom is -0.467 e. The number of furan rings is 1. The lowest BCUT2D eigenvalue weighted by molar-refractivity contribution is -0.128. The molecule has 0 radical (unpaired) electrons. The van der Waals surface area contributed by atoms with E-state index in [0.29, 0.717) is 31.6 Å². The van der Waals surface area contributed by atoms with Crippen LogP contribution in [0.2, 0.25) is 0 Å². The van der Waals surface area contributed by atoms with Crippen molar-refractivity contribution < 1.29 is 14.0 Å². The summed E-state index contributed by atoms with van der Waals surface area (Å²) in [5.41, 5.74) is 1.68. The lowest BCUT2D eigenvalue weighted by atomic mass is 10.1. The zero-order valence-corrected chi connectivity index (χ0v) is 17.3. The second-order valence-electron chi connectivity index (χ2n) is 7.37. The molecule has 2 amide bonds. The fourth-order valence-electron chi connectivity index (χ4n) is 3.58. The number of benzene rings is 1. The molecule has 3 aromatic rings. The van der Waals surface area contributed by atoms with Gasteiger partial charge in [-0.3, -0.25) is 9.59 Å². The fraction of sp³-hybridized carbons (Fsp3) is 0.304. The van der Waals surface area contributed by atoms with Crippen LogP contribution in [0.15, 0.2) is 59.2 Å². The van der Waals surface area contributed by atoms with Gasteiger partial charge in [0.15, 0.2) is 0 Å². The molecular weight excluding hydrogens is 384 g/mol. The number of aryl methyl sites for hydroxylation is 1. The fourth-order valence-corrected chi connectivity index (χ4v) is 4.48. The minimum absolute atomic E-state index is 0.0312. The molecule has 1 aromatic carbocycles. The molecule has 1 saturated heterocycles. The van der Waals surface area contributed by atoms with E-state index in [9.17, 15) is 9.59 Å². The second-order valence-corrected chi connectivity index (χ2v) is 8.74. The van der Waals surface area contributed by atoms with Crippen molar-refractivity contribution in [3.05, 3.63) is 81.4 Å². The smallest absolute Gasteiger partial charge is 0.254 e. The van der Waals surface area contributed by atoms with E-state index in [4.69, 9.17) is 4.42 Å². The Morgan fingerprint density at radius 2 is 1.97 bits per heavy atom. The Hall–Kier alpha value is -2.86. The van der Waals surface area contributed by atoms with Crippen LogP contribution in [0.4, 0.5) is 0 Å². The number of likely N-dealkylation sites (tertiary alicyclic amines) is 1. The summed E-state index contributed by atoms with van der Waals surface area (Å²) in [7, 11) is 0. The van der Waals surface area contributed by atoms with Gasteiger partial charge in [0.2, 0.25) is 5.91 Å². The molecule has 0 N–H and O–H groups in total. The van der Waals surface area contributed by atoms with Crippen LogP contribution < -0.4 is 0 Å². The highest BCUT2D eigenvalue weighted by atomic mass is 32.1. The average molecular weight is 409 g/mol. The van der Waals surface area contributed by atoms with Crippen LogP contribution in [0, 0.1) is 6.92 Å². The van der Waals surface area contributed by atoms with Gasteiger partial charge in [-0.25, -0.2) is 0 Å². The van der Waals surface area contributed by atoms with Gasteiger partial charge < -0.3 is 14.2 Å². The number of hydrogen-bond donors (Lipinski definition) is 0. The third kappa shape index (κ3) is 4.77. The van der Waals surface area contributed by atoms with E-state index in [2.05, 4.69) is 19.1 Å². The summed E-state index contributed by atoms with van der Waals surface area (Å²) < 4.78 is 5.47. The summed E-state index contributed by atoms with van der Waals surface area (Å²) in [6.07, 6.45) is 3.20. The number of carbonyl (C=O) groups is 2. The van der Waals surface area contributed by atoms with E-state index in [-0.39, 0.29) is 11.8 Å². The Labute approximate surface area is 174 Å². The van der Waals surface area contributed by atoms with Gasteiger partial charge in [-0.05, 0) is 55.3 Å². The van der Waals surface area contributed by atoms with Crippen LogP contribution in [0.1, 0.15) is 44.3 Å². The Morgan fingerprint density at radius 1 is 1.14 bits per heavy atom. The van der Waals surface area contributed by atoms with Crippen LogP contribution in [0.3, 0.4) is 0 Å². The van der Waals surface area contributed by atoms with E-state index >= 15 is 0 Å². The molecule has 150 valence electrons. The molecule has 4 rings (SSSR count). The predicted molar refractivity (Wildman–Crippen MR) is 112 cm³/mol. The van der Waals surface area contributed by atoms with Gasteiger partial charge in [0.25, 0.3) is 5.91 Å². The van der Waals surface area contributed by atoms with Gasteiger partial charge in [-0.1, -0.05) is 12.1 Å². The van der Waals surface area contributed by atoms with Gasteiger partial charge in [0.1, 0.15) is 5.76 Å². The topological polar surface area (TPSA) is 53.8 Å². The molecule has 1 aliphatic heterocycles. The summed E-state index contributed by atoms with van der Waals surface area (Å²) in [5, 5.41) is 0. The van der Waals surface area contributed by atoms with Crippen LogP contribution in [0.5, 0.6) is 0 Å². The number of nitrogens with zero attached hydrogens (tertiary/aromatic N) is 2. The highest BCUT2D eigenvalue weighted by Gasteiger charge is 2.21. The molecule has 0 aliphatic carbocycles. The lowest BCUT2D eigenvalue weighted by Crippen LogP contribution is -2.29. The van der Waals surface area contributed by atoms with Crippen molar-refractivity contribution in [2.75, 3.05) is 6.54 Å². The molecule has 0 unspecified atom stereocenters. The molecular formula is C23H24N2O3S. The number of thiophene rings is 1. The molecule has 0 spiro atoms. The molecule has 2 aromatic heterocycles. The van der Waals surface area contributed by atoms with Crippen molar-refractivity contribution >= 4 is 23.2 Å². The second kappa shape index (κ2) is 8.66. The Morgan fingerprint density at radius 3 is 2.59 bits per heavy atom. The number of amides is 2. The van der Waals surface area contributed by atoms with Gasteiger partial charge in [0.05, 0.1) is 19.4 Å². The van der Waals surface area contributed by atoms with Crippen molar-refractivity contribution in [2.45, 2.75) is 39.4 Å². The molecule has 5 nitrogen and oxygen atoms in total. The van der Waals surface area contributed by atoms with E-state index in [1.807, 2.05) is 46.2 Å². The SMILES string of the molecule is Cc1ccc(CN(Cc2ccco2)C(=O)c2ccc(CN3CCCC3=O)cc2)s1. The van der Waals surface area contributed by atoms with Gasteiger partial charge in [-0.2, -0.15) is 0 Å². The normalized spacial score (nSPS) is 13.8. The Kier molecular flexibility index (Phi) is 5.81. The Bertz CT molecular complexity index is 976. The average Bonchev–Trinajstić information content (AvgIpc) is 3.46. The van der Waals surface area contributed by atoms with Crippen molar-refractivity contribution in [2.24, 2.45) is 0 Å². The minimum atomic E-state index is -0.0312. The first-order chi connectivity index (χ1) is 14.1. The summed E-state index contributed by atoms with van der Waals surface area (Å²) in [6.45, 7) is 4.46. The van der Waals surface area contributed by atoms with E-state index in [1.165, 1.54) is 4.88 Å². The third-order valence-electron chi connectivity index (χ3n) is 5.10. The lowest BCUT2D eigenvalue weighted by Gasteiger charge is -2.21. The summed E-state index contributed by atoms with van der Waals surface area (Å²) >= 11 is 1.70. The van der Waals surface area contributed by atoms with Crippen molar-refractivity contribution in [3.8, 4) is 0 Å². The maximum Gasteiger partial charge on any atom is 0.254 e. The van der Waals surface area contributed by atoms with Gasteiger partial charge in [-0.15, -0.1) is 11.3 Å². The number of rotatable bonds is 7. The highest BCUT2D eigenvalue weighted by molar-refractivity contribution is 7.11. The molecule has 1 aliphatic rings. The van der Waals surface area contributed by atoms with E-state index in [0.717, 1.165) is 29.2 Å². The third-order valence-corrected chi connectivity index (χ3v) is 6.09. The first-order valence-electron chi connectivity index (χ1n) is 9.82. The molecule has 3 heterocycles. The Balaban J connectivity index is 1.49. The van der Waals surface area contributed by atoms with Crippen LogP contribution in [-0.4, -0.2) is 28.2 Å². The summed E-state index contributed by atoms with van der Waals surface area (Å²) in [4.78, 5) is 31.1. The quantitative estimate of drug-likeness (QED) is 0.573. The van der Waals surface area contributed by atoms with E-state index < -0.39 is 0 Å². The zero-order chi connectivity index (χ0) is 20.2. The van der Waals surface area contributed by atoms with Crippen molar-refractivity contribution in [1.29, 1.82) is 0 Å². The van der Waals surface area contributed by atoms with Crippen LogP contribution in [0.25, 0.3) is 0 Å². The highest BCUT2D eigenvalue weighted by Crippen LogP contribution is 2.21. The van der Waals surface area contributed by atoms with Crippen molar-refractivity contribution in [1.82, 2.24) is 9.80 Å². The van der Waals surface area contributed by atoms with Crippen molar-refractivity contribution in [3.63, 3.8) is 0 Å². The maximum absolute atomic E-state index is 13.2. The van der Waals surface area contributed by atoms with Crippen LogP contribution >= 0.6 is 11.3 Å². The molecule has 1 fully saturated rings. The monoisotopic (exact) mass is 408 g/mol. The molecule has 6 heteroatoms. The first-order valence-corrected chi connectivity index (χ1v) is 10.6.